The Bertz CT molecular complexity index is 1820. The SMILES string of the molecule is CC(C)c1cccc(C(C)C)c1N1[CH-]N(c2c(C(C)C)cccc2C(C)C)c2ncccc21.[Cu+2].c1ccc2[n-]c(-c3cnccn3)nc2c1. The van der Waals surface area contributed by atoms with Crippen molar-refractivity contribution in [2.75, 3.05) is 9.80 Å². The van der Waals surface area contributed by atoms with Crippen molar-refractivity contribution < 1.29 is 17.1 Å². The van der Waals surface area contributed by atoms with E-state index in [4.69, 9.17) is 4.98 Å². The van der Waals surface area contributed by atoms with Crippen LogP contribution in [-0.4, -0.2) is 19.9 Å². The van der Waals surface area contributed by atoms with E-state index in [1.54, 1.807) is 18.6 Å². The van der Waals surface area contributed by atoms with Crippen molar-refractivity contribution in [3.63, 3.8) is 0 Å². The molecule has 3 aromatic heterocycles. The van der Waals surface area contributed by atoms with Crippen LogP contribution in [0.2, 0.25) is 0 Å². The summed E-state index contributed by atoms with van der Waals surface area (Å²) >= 11 is 0. The van der Waals surface area contributed by atoms with Crippen LogP contribution in [0.25, 0.3) is 22.6 Å². The van der Waals surface area contributed by atoms with Gasteiger partial charge in [-0.2, -0.15) is 0 Å². The van der Waals surface area contributed by atoms with E-state index in [0.29, 0.717) is 35.2 Å². The largest absolute Gasteiger partial charge is 2.00 e. The summed E-state index contributed by atoms with van der Waals surface area (Å²) in [6.45, 7) is 20.5. The van der Waals surface area contributed by atoms with Gasteiger partial charge in [0.2, 0.25) is 0 Å². The van der Waals surface area contributed by atoms with Gasteiger partial charge in [0.25, 0.3) is 0 Å². The van der Waals surface area contributed by atoms with E-state index in [9.17, 15) is 0 Å². The van der Waals surface area contributed by atoms with Crippen molar-refractivity contribution >= 4 is 33.9 Å². The minimum atomic E-state index is 0. The standard InChI is InChI=1S/C30H38N3.C11H7N4.Cu/c1-19(2)23-12-9-13-24(20(3)4)28(23)32-18-33(30-27(32)16-11-17-31-30)29-25(21(5)6)14-10-15-26(29)22(7)8;1-2-4-9-8(3-1)14-11(15-9)10-7-12-5-6-13-10;/h9-22H,1-8H3;1-7H;/q2*-1;+2. The summed E-state index contributed by atoms with van der Waals surface area (Å²) in [5, 5.41) is 0. The van der Waals surface area contributed by atoms with Crippen molar-refractivity contribution in [2.45, 2.75) is 79.1 Å². The third-order valence-corrected chi connectivity index (χ3v) is 8.78. The number of anilines is 4. The van der Waals surface area contributed by atoms with Crippen LogP contribution in [0.4, 0.5) is 22.9 Å². The van der Waals surface area contributed by atoms with E-state index in [1.807, 2.05) is 36.5 Å². The number of hydrogen-bond donors (Lipinski definition) is 0. The Hall–Kier alpha value is -4.52. The van der Waals surface area contributed by atoms with Gasteiger partial charge in [0.15, 0.2) is 0 Å². The van der Waals surface area contributed by atoms with Gasteiger partial charge in [-0.15, -0.1) is 6.67 Å². The van der Waals surface area contributed by atoms with Crippen LogP contribution >= 0.6 is 0 Å². The van der Waals surface area contributed by atoms with E-state index in [0.717, 1.165) is 22.5 Å². The van der Waals surface area contributed by atoms with Crippen LogP contribution in [0.1, 0.15) is 101 Å². The third kappa shape index (κ3) is 7.26. The summed E-state index contributed by atoms with van der Waals surface area (Å²) in [6.07, 6.45) is 6.84. The Morgan fingerprint density at radius 2 is 1.16 bits per heavy atom. The molecule has 0 atom stereocenters. The van der Waals surface area contributed by atoms with Crippen LogP contribution in [0, 0.1) is 6.67 Å². The Labute approximate surface area is 301 Å². The average molecular weight is 699 g/mol. The zero-order valence-electron chi connectivity index (χ0n) is 29.6. The maximum Gasteiger partial charge on any atom is 2.00 e. The predicted molar refractivity (Wildman–Crippen MR) is 198 cm³/mol. The first kappa shape index (κ1) is 35.8. The fraction of sp³-hybridized carbons (Fsp3) is 0.293. The number of pyridine rings is 1. The number of nitrogens with zero attached hydrogens (tertiary/aromatic N) is 7. The van der Waals surface area contributed by atoms with Gasteiger partial charge in [-0.3, -0.25) is 9.97 Å². The van der Waals surface area contributed by atoms with Crippen LogP contribution in [0.5, 0.6) is 0 Å². The zero-order valence-corrected chi connectivity index (χ0v) is 30.5. The van der Waals surface area contributed by atoms with Gasteiger partial charge in [-0.1, -0.05) is 116 Å². The predicted octanol–water partition coefficient (Wildman–Crippen LogP) is 10.6. The van der Waals surface area contributed by atoms with Gasteiger partial charge in [-0.05, 0) is 74.9 Å². The molecule has 49 heavy (non-hydrogen) atoms. The number of para-hydroxylation sites is 4. The second kappa shape index (κ2) is 15.4. The molecule has 255 valence electrons. The molecule has 0 bridgehead atoms. The molecule has 0 saturated heterocycles. The monoisotopic (exact) mass is 698 g/mol. The molecule has 4 heterocycles. The number of rotatable bonds is 7. The maximum absolute atomic E-state index is 4.90. The van der Waals surface area contributed by atoms with E-state index in [2.05, 4.69) is 134 Å². The fourth-order valence-electron chi connectivity index (χ4n) is 6.35. The first-order valence-corrected chi connectivity index (χ1v) is 17.0. The summed E-state index contributed by atoms with van der Waals surface area (Å²) in [5.41, 5.74) is 11.6. The van der Waals surface area contributed by atoms with Gasteiger partial charge in [0, 0.05) is 30.0 Å². The molecule has 3 aromatic carbocycles. The normalized spacial score (nSPS) is 12.5. The van der Waals surface area contributed by atoms with Crippen LogP contribution < -0.4 is 14.8 Å². The number of fused-ring (bicyclic) bond motifs is 2. The van der Waals surface area contributed by atoms with Gasteiger partial charge in [0.05, 0.1) is 17.6 Å². The first-order valence-electron chi connectivity index (χ1n) is 17.0. The molecule has 0 fully saturated rings. The smallest absolute Gasteiger partial charge is 0.471 e. The minimum absolute atomic E-state index is 0. The summed E-state index contributed by atoms with van der Waals surface area (Å²) in [5.74, 6) is 3.32. The minimum Gasteiger partial charge on any atom is -0.471 e. The molecule has 0 aliphatic carbocycles. The molecule has 7 rings (SSSR count). The maximum atomic E-state index is 4.90. The second-order valence-electron chi connectivity index (χ2n) is 13.5. The molecule has 0 spiro atoms. The van der Waals surface area contributed by atoms with Gasteiger partial charge < -0.3 is 19.8 Å². The fourth-order valence-corrected chi connectivity index (χ4v) is 6.35. The Balaban J connectivity index is 0.000000243. The van der Waals surface area contributed by atoms with Crippen molar-refractivity contribution in [1.29, 1.82) is 0 Å². The van der Waals surface area contributed by atoms with Crippen molar-refractivity contribution in [2.24, 2.45) is 0 Å². The van der Waals surface area contributed by atoms with E-state index < -0.39 is 0 Å². The van der Waals surface area contributed by atoms with E-state index in [1.165, 1.54) is 33.6 Å². The summed E-state index contributed by atoms with van der Waals surface area (Å²) in [4.78, 5) is 26.5. The van der Waals surface area contributed by atoms with Crippen molar-refractivity contribution in [3.8, 4) is 11.5 Å². The Kier molecular flexibility index (Phi) is 11.2. The second-order valence-corrected chi connectivity index (χ2v) is 13.5. The molecule has 6 aromatic rings. The number of imidazole rings is 1. The Morgan fingerprint density at radius 1 is 0.592 bits per heavy atom. The molecule has 0 N–H and O–H groups in total. The molecule has 1 aliphatic heterocycles. The van der Waals surface area contributed by atoms with Gasteiger partial charge in [0.1, 0.15) is 5.82 Å². The number of hydrogen-bond acceptors (Lipinski definition) is 6. The molecular weight excluding hydrogens is 654 g/mol. The van der Waals surface area contributed by atoms with Crippen LogP contribution in [0.3, 0.4) is 0 Å². The summed E-state index contributed by atoms with van der Waals surface area (Å²) < 4.78 is 0. The van der Waals surface area contributed by atoms with Gasteiger partial charge in [-0.25, -0.2) is 4.98 Å². The van der Waals surface area contributed by atoms with E-state index >= 15 is 0 Å². The first-order chi connectivity index (χ1) is 23.2. The molecule has 0 unspecified atom stereocenters. The van der Waals surface area contributed by atoms with Gasteiger partial charge >= 0.3 is 17.1 Å². The third-order valence-electron chi connectivity index (χ3n) is 8.78. The number of aromatic nitrogens is 5. The quantitative estimate of drug-likeness (QED) is 0.121. The Morgan fingerprint density at radius 3 is 1.69 bits per heavy atom. The summed E-state index contributed by atoms with van der Waals surface area (Å²) in [7, 11) is 0. The number of benzene rings is 3. The molecular formula is C41H45CuN7. The van der Waals surface area contributed by atoms with E-state index in [-0.39, 0.29) is 17.1 Å². The molecule has 1 radical (unpaired) electrons. The average Bonchev–Trinajstić information content (AvgIpc) is 3.70. The molecule has 7 nitrogen and oxygen atoms in total. The summed E-state index contributed by atoms with van der Waals surface area (Å²) in [6, 6.07) is 25.5. The molecule has 1 aliphatic rings. The molecule has 8 heteroatoms. The zero-order chi connectivity index (χ0) is 33.9. The van der Waals surface area contributed by atoms with Crippen LogP contribution in [0.15, 0.2) is 97.6 Å². The van der Waals surface area contributed by atoms with Crippen molar-refractivity contribution in [1.82, 2.24) is 24.9 Å². The van der Waals surface area contributed by atoms with Crippen LogP contribution in [-0.2, 0) is 17.1 Å². The van der Waals surface area contributed by atoms with Crippen molar-refractivity contribution in [3.05, 3.63) is 127 Å². The molecule has 0 saturated carbocycles. The topological polar surface area (TPSA) is 72.1 Å². The molecule has 0 amide bonds.